The summed E-state index contributed by atoms with van der Waals surface area (Å²) in [5, 5.41) is 3.54. The summed E-state index contributed by atoms with van der Waals surface area (Å²) in [6, 6.07) is 6.11. The van der Waals surface area contributed by atoms with Crippen LogP contribution in [0, 0.1) is 0 Å². The highest BCUT2D eigenvalue weighted by Crippen LogP contribution is 2.34. The predicted octanol–water partition coefficient (Wildman–Crippen LogP) is 4.95. The molecule has 1 aromatic carbocycles. The first-order valence-electron chi connectivity index (χ1n) is 5.05. The Morgan fingerprint density at radius 1 is 1.11 bits per heavy atom. The van der Waals surface area contributed by atoms with E-state index in [1.165, 1.54) is 18.3 Å². The zero-order valence-electron chi connectivity index (χ0n) is 9.25. The molecule has 0 saturated carbocycles. The molecule has 1 N–H and O–H groups in total. The van der Waals surface area contributed by atoms with Crippen LogP contribution in [0.5, 0.6) is 0 Å². The number of hydrogen-bond acceptors (Lipinski definition) is 2. The Morgan fingerprint density at radius 3 is 2.32 bits per heavy atom. The largest absolute Gasteiger partial charge is 0.319 e. The van der Waals surface area contributed by atoms with Crippen molar-refractivity contribution >= 4 is 58.0 Å². The maximum Gasteiger partial charge on any atom is 0.258 e. The summed E-state index contributed by atoms with van der Waals surface area (Å²) < 4.78 is 0. The average molecular weight is 336 g/mol. The minimum atomic E-state index is -0.454. The zero-order valence-corrected chi connectivity index (χ0v) is 12.3. The molecule has 0 fully saturated rings. The molecule has 1 aromatic heterocycles. The van der Waals surface area contributed by atoms with Gasteiger partial charge in [0, 0.05) is 11.2 Å². The van der Waals surface area contributed by atoms with E-state index < -0.39 is 5.91 Å². The predicted molar refractivity (Wildman–Crippen MR) is 78.7 cm³/mol. The standard InChI is InChI=1S/C12H6Cl4N2O/c13-6-4-8(14)10(9(15)5-6)18-12(19)7-2-1-3-17-11(7)16/h1-5H,(H,18,19). The van der Waals surface area contributed by atoms with E-state index >= 15 is 0 Å². The van der Waals surface area contributed by atoms with Gasteiger partial charge in [-0.05, 0) is 24.3 Å². The van der Waals surface area contributed by atoms with Crippen molar-refractivity contribution in [2.75, 3.05) is 5.32 Å². The molecule has 7 heteroatoms. The second kappa shape index (κ2) is 5.97. The van der Waals surface area contributed by atoms with Gasteiger partial charge in [-0.15, -0.1) is 0 Å². The lowest BCUT2D eigenvalue weighted by atomic mass is 10.2. The highest BCUT2D eigenvalue weighted by molar-refractivity contribution is 6.42. The summed E-state index contributed by atoms with van der Waals surface area (Å²) in [5.74, 6) is -0.454. The van der Waals surface area contributed by atoms with E-state index in [4.69, 9.17) is 46.4 Å². The van der Waals surface area contributed by atoms with E-state index in [0.717, 1.165) is 0 Å². The van der Waals surface area contributed by atoms with E-state index in [-0.39, 0.29) is 26.4 Å². The molecule has 0 atom stereocenters. The van der Waals surface area contributed by atoms with Crippen LogP contribution in [0.1, 0.15) is 10.4 Å². The van der Waals surface area contributed by atoms with Crippen molar-refractivity contribution in [3.63, 3.8) is 0 Å². The normalized spacial score (nSPS) is 10.3. The van der Waals surface area contributed by atoms with Crippen molar-refractivity contribution in [2.45, 2.75) is 0 Å². The van der Waals surface area contributed by atoms with E-state index in [0.29, 0.717) is 5.02 Å². The molecule has 3 nitrogen and oxygen atoms in total. The highest BCUT2D eigenvalue weighted by atomic mass is 35.5. The third kappa shape index (κ3) is 3.31. The molecule has 98 valence electrons. The summed E-state index contributed by atoms with van der Waals surface area (Å²) in [6.07, 6.45) is 1.49. The van der Waals surface area contributed by atoms with Gasteiger partial charge >= 0.3 is 0 Å². The number of carbonyl (C=O) groups is 1. The van der Waals surface area contributed by atoms with Gasteiger partial charge in [-0.3, -0.25) is 4.79 Å². The molecule has 0 radical (unpaired) electrons. The molecule has 0 spiro atoms. The third-order valence-electron chi connectivity index (χ3n) is 2.25. The summed E-state index contributed by atoms with van der Waals surface area (Å²) in [7, 11) is 0. The number of rotatable bonds is 2. The number of hydrogen-bond donors (Lipinski definition) is 1. The van der Waals surface area contributed by atoms with Crippen molar-refractivity contribution in [3.05, 3.63) is 56.2 Å². The molecule has 1 heterocycles. The monoisotopic (exact) mass is 334 g/mol. The van der Waals surface area contributed by atoms with Gasteiger partial charge in [0.2, 0.25) is 0 Å². The molecular weight excluding hydrogens is 330 g/mol. The van der Waals surface area contributed by atoms with Crippen LogP contribution in [0.15, 0.2) is 30.5 Å². The van der Waals surface area contributed by atoms with Crippen LogP contribution < -0.4 is 5.32 Å². The molecule has 19 heavy (non-hydrogen) atoms. The van der Waals surface area contributed by atoms with Crippen LogP contribution in [0.25, 0.3) is 0 Å². The fourth-order valence-electron chi connectivity index (χ4n) is 1.40. The van der Waals surface area contributed by atoms with Crippen molar-refractivity contribution in [2.24, 2.45) is 0 Å². The summed E-state index contributed by atoms with van der Waals surface area (Å²) >= 11 is 23.6. The fourth-order valence-corrected chi connectivity index (χ4v) is 2.51. The lowest BCUT2D eigenvalue weighted by Crippen LogP contribution is -2.13. The maximum absolute atomic E-state index is 12.0. The number of pyridine rings is 1. The Kier molecular flexibility index (Phi) is 4.53. The van der Waals surface area contributed by atoms with Gasteiger partial charge in [0.25, 0.3) is 5.91 Å². The van der Waals surface area contributed by atoms with Crippen LogP contribution in [-0.4, -0.2) is 10.9 Å². The van der Waals surface area contributed by atoms with Gasteiger partial charge < -0.3 is 5.32 Å². The van der Waals surface area contributed by atoms with Gasteiger partial charge in [0.05, 0.1) is 21.3 Å². The maximum atomic E-state index is 12.0. The van der Waals surface area contributed by atoms with E-state index in [1.807, 2.05) is 0 Å². The van der Waals surface area contributed by atoms with Gasteiger partial charge in [0.1, 0.15) is 5.15 Å². The first kappa shape index (κ1) is 14.4. The molecule has 0 bridgehead atoms. The van der Waals surface area contributed by atoms with Gasteiger partial charge in [-0.1, -0.05) is 46.4 Å². The Morgan fingerprint density at radius 2 is 1.74 bits per heavy atom. The average Bonchev–Trinajstić information content (AvgIpc) is 2.34. The van der Waals surface area contributed by atoms with Crippen molar-refractivity contribution in [3.8, 4) is 0 Å². The van der Waals surface area contributed by atoms with Crippen LogP contribution in [0.2, 0.25) is 20.2 Å². The summed E-state index contributed by atoms with van der Waals surface area (Å²) in [5.41, 5.74) is 0.504. The van der Waals surface area contributed by atoms with Crippen LogP contribution in [0.3, 0.4) is 0 Å². The number of carbonyl (C=O) groups excluding carboxylic acids is 1. The number of anilines is 1. The molecule has 1 amide bonds. The quantitative estimate of drug-likeness (QED) is 0.789. The second-order valence-corrected chi connectivity index (χ2v) is 5.15. The fraction of sp³-hybridized carbons (Fsp3) is 0. The lowest BCUT2D eigenvalue weighted by molar-refractivity contribution is 0.102. The van der Waals surface area contributed by atoms with E-state index in [9.17, 15) is 4.79 Å². The minimum absolute atomic E-state index is 0.0983. The first-order valence-corrected chi connectivity index (χ1v) is 6.56. The van der Waals surface area contributed by atoms with Gasteiger partial charge in [-0.2, -0.15) is 0 Å². The molecule has 2 rings (SSSR count). The van der Waals surface area contributed by atoms with Crippen molar-refractivity contribution in [1.29, 1.82) is 0 Å². The molecule has 0 unspecified atom stereocenters. The van der Waals surface area contributed by atoms with Crippen LogP contribution >= 0.6 is 46.4 Å². The Hall–Kier alpha value is -1.00. The van der Waals surface area contributed by atoms with E-state index in [2.05, 4.69) is 10.3 Å². The molecule has 0 aliphatic rings. The molecule has 2 aromatic rings. The molecule has 0 aliphatic carbocycles. The van der Waals surface area contributed by atoms with Gasteiger partial charge in [0.15, 0.2) is 0 Å². The number of nitrogens with zero attached hydrogens (tertiary/aromatic N) is 1. The van der Waals surface area contributed by atoms with Crippen molar-refractivity contribution in [1.82, 2.24) is 4.98 Å². The number of halogens is 4. The van der Waals surface area contributed by atoms with Crippen LogP contribution in [0.4, 0.5) is 5.69 Å². The minimum Gasteiger partial charge on any atom is -0.319 e. The molecular formula is C12H6Cl4N2O. The van der Waals surface area contributed by atoms with Crippen LogP contribution in [-0.2, 0) is 0 Å². The van der Waals surface area contributed by atoms with Crippen molar-refractivity contribution < 1.29 is 4.79 Å². The Bertz CT molecular complexity index is 622. The zero-order chi connectivity index (χ0) is 14.0. The first-order chi connectivity index (χ1) is 8.99. The SMILES string of the molecule is O=C(Nc1c(Cl)cc(Cl)cc1Cl)c1cccnc1Cl. The second-order valence-electron chi connectivity index (χ2n) is 3.54. The Balaban J connectivity index is 2.32. The third-order valence-corrected chi connectivity index (χ3v) is 3.36. The summed E-state index contributed by atoms with van der Waals surface area (Å²) in [6.45, 7) is 0. The number of nitrogens with one attached hydrogen (secondary N) is 1. The summed E-state index contributed by atoms with van der Waals surface area (Å²) in [4.78, 5) is 15.9. The molecule has 0 saturated heterocycles. The lowest BCUT2D eigenvalue weighted by Gasteiger charge is -2.10. The number of aromatic nitrogens is 1. The number of amides is 1. The highest BCUT2D eigenvalue weighted by Gasteiger charge is 2.15. The molecule has 0 aliphatic heterocycles. The number of benzene rings is 1. The van der Waals surface area contributed by atoms with Gasteiger partial charge in [-0.25, -0.2) is 4.98 Å². The van der Waals surface area contributed by atoms with E-state index in [1.54, 1.807) is 12.1 Å². The Labute approximate surface area is 129 Å². The topological polar surface area (TPSA) is 42.0 Å². The smallest absolute Gasteiger partial charge is 0.258 e.